The summed E-state index contributed by atoms with van der Waals surface area (Å²) < 4.78 is 10.5. The van der Waals surface area contributed by atoms with Gasteiger partial charge in [-0.3, -0.25) is 4.79 Å². The lowest BCUT2D eigenvalue weighted by Gasteiger charge is -2.11. The van der Waals surface area contributed by atoms with Crippen molar-refractivity contribution in [1.82, 2.24) is 0 Å². The summed E-state index contributed by atoms with van der Waals surface area (Å²) in [7, 11) is 0. The maximum absolute atomic E-state index is 11.4. The Labute approximate surface area is 124 Å². The number of benzene rings is 1. The van der Waals surface area contributed by atoms with Gasteiger partial charge in [0, 0.05) is 17.2 Å². The van der Waals surface area contributed by atoms with Crippen LogP contribution in [0.1, 0.15) is 24.8 Å². The molecule has 0 aromatic heterocycles. The largest absolute Gasteiger partial charge is 0.493 e. The minimum absolute atomic E-state index is 0.303. The fourth-order valence-corrected chi connectivity index (χ4v) is 3.32. The molecule has 0 saturated carbocycles. The van der Waals surface area contributed by atoms with Crippen LogP contribution < -0.4 is 10.5 Å². The molecule has 0 saturated heterocycles. The Kier molecular flexibility index (Phi) is 5.73. The molecule has 2 atom stereocenters. The summed E-state index contributed by atoms with van der Waals surface area (Å²) >= 11 is 1.81. The van der Waals surface area contributed by atoms with Crippen molar-refractivity contribution in [3.8, 4) is 5.75 Å². The summed E-state index contributed by atoms with van der Waals surface area (Å²) in [6.07, 6.45) is 0.652. The van der Waals surface area contributed by atoms with Gasteiger partial charge in [-0.2, -0.15) is 11.8 Å². The molecule has 0 bridgehead atoms. The molecule has 0 spiro atoms. The number of thioether (sulfide) groups is 1. The predicted molar refractivity (Wildman–Crippen MR) is 81.2 cm³/mol. The van der Waals surface area contributed by atoms with Gasteiger partial charge in [0.1, 0.15) is 11.8 Å². The third-order valence-corrected chi connectivity index (χ3v) is 4.44. The first-order valence-corrected chi connectivity index (χ1v) is 8.09. The summed E-state index contributed by atoms with van der Waals surface area (Å²) in [4.78, 5) is 11.4. The standard InChI is InChI=1S/C15H21NO3S/c1-2-18-15(17)13(16)7-8-20-10-11-9-19-14-6-4-3-5-12(11)14/h3-6,11,13H,2,7-10,16H2,1H3. The van der Waals surface area contributed by atoms with E-state index in [0.717, 1.165) is 23.9 Å². The van der Waals surface area contributed by atoms with Crippen molar-refractivity contribution in [3.63, 3.8) is 0 Å². The lowest BCUT2D eigenvalue weighted by Crippen LogP contribution is -2.32. The molecule has 1 aliphatic rings. The summed E-state index contributed by atoms with van der Waals surface area (Å²) in [6, 6.07) is 7.66. The van der Waals surface area contributed by atoms with Crippen molar-refractivity contribution < 1.29 is 14.3 Å². The number of ether oxygens (including phenoxy) is 2. The monoisotopic (exact) mass is 295 g/mol. The number of esters is 1. The normalized spacial score (nSPS) is 18.2. The smallest absolute Gasteiger partial charge is 0.322 e. The molecule has 5 heteroatoms. The fraction of sp³-hybridized carbons (Fsp3) is 0.533. The average Bonchev–Trinajstić information content (AvgIpc) is 2.87. The van der Waals surface area contributed by atoms with E-state index in [1.165, 1.54) is 5.56 Å². The number of hydrogen-bond donors (Lipinski definition) is 1. The van der Waals surface area contributed by atoms with Crippen molar-refractivity contribution in [1.29, 1.82) is 0 Å². The molecule has 20 heavy (non-hydrogen) atoms. The first-order valence-electron chi connectivity index (χ1n) is 6.94. The first kappa shape index (κ1) is 15.2. The highest BCUT2D eigenvalue weighted by molar-refractivity contribution is 7.99. The van der Waals surface area contributed by atoms with Crippen LogP contribution in [0.2, 0.25) is 0 Å². The van der Waals surface area contributed by atoms with Gasteiger partial charge < -0.3 is 15.2 Å². The minimum atomic E-state index is -0.505. The van der Waals surface area contributed by atoms with E-state index < -0.39 is 6.04 Å². The van der Waals surface area contributed by atoms with Crippen LogP contribution in [-0.2, 0) is 9.53 Å². The Balaban J connectivity index is 1.69. The number of nitrogens with two attached hydrogens (primary N) is 1. The predicted octanol–water partition coefficient (Wildman–Crippen LogP) is 2.18. The molecule has 1 aromatic rings. The maximum Gasteiger partial charge on any atom is 0.322 e. The summed E-state index contributed by atoms with van der Waals surface area (Å²) in [5.41, 5.74) is 7.05. The van der Waals surface area contributed by atoms with E-state index in [0.29, 0.717) is 18.9 Å². The molecule has 1 aromatic carbocycles. The topological polar surface area (TPSA) is 61.5 Å². The number of hydrogen-bond acceptors (Lipinski definition) is 5. The molecule has 0 amide bonds. The molecule has 0 fully saturated rings. The molecular formula is C15H21NO3S. The highest BCUT2D eigenvalue weighted by Crippen LogP contribution is 2.35. The quantitative estimate of drug-likeness (QED) is 0.617. The van der Waals surface area contributed by atoms with Crippen LogP contribution in [0.3, 0.4) is 0 Å². The lowest BCUT2D eigenvalue weighted by molar-refractivity contribution is -0.144. The van der Waals surface area contributed by atoms with Gasteiger partial charge in [-0.1, -0.05) is 18.2 Å². The number of carbonyl (C=O) groups excluding carboxylic acids is 1. The lowest BCUT2D eigenvalue weighted by atomic mass is 10.0. The van der Waals surface area contributed by atoms with Crippen molar-refractivity contribution >= 4 is 17.7 Å². The molecule has 2 N–H and O–H groups in total. The summed E-state index contributed by atoms with van der Waals surface area (Å²) in [6.45, 7) is 2.92. The Morgan fingerprint density at radius 2 is 2.35 bits per heavy atom. The van der Waals surface area contributed by atoms with E-state index in [9.17, 15) is 4.79 Å². The van der Waals surface area contributed by atoms with E-state index >= 15 is 0 Å². The van der Waals surface area contributed by atoms with Crippen LogP contribution in [0, 0.1) is 0 Å². The van der Waals surface area contributed by atoms with Gasteiger partial charge in [-0.15, -0.1) is 0 Å². The number of rotatable bonds is 7. The van der Waals surface area contributed by atoms with Gasteiger partial charge in [0.15, 0.2) is 0 Å². The molecule has 110 valence electrons. The molecule has 0 aliphatic carbocycles. The molecular weight excluding hydrogens is 274 g/mol. The Morgan fingerprint density at radius 1 is 1.55 bits per heavy atom. The van der Waals surface area contributed by atoms with E-state index in [2.05, 4.69) is 6.07 Å². The highest BCUT2D eigenvalue weighted by Gasteiger charge is 2.23. The fourth-order valence-electron chi connectivity index (χ4n) is 2.17. The van der Waals surface area contributed by atoms with Gasteiger partial charge in [0.2, 0.25) is 0 Å². The van der Waals surface area contributed by atoms with Crippen molar-refractivity contribution in [2.24, 2.45) is 5.73 Å². The van der Waals surface area contributed by atoms with Crippen molar-refractivity contribution in [2.45, 2.75) is 25.3 Å². The zero-order valence-electron chi connectivity index (χ0n) is 11.7. The third kappa shape index (κ3) is 3.90. The van der Waals surface area contributed by atoms with E-state index in [-0.39, 0.29) is 5.97 Å². The summed E-state index contributed by atoms with van der Waals surface area (Å²) in [5, 5.41) is 0. The second-order valence-electron chi connectivity index (χ2n) is 4.77. The van der Waals surface area contributed by atoms with Gasteiger partial charge >= 0.3 is 5.97 Å². The van der Waals surface area contributed by atoms with Crippen LogP contribution in [0.5, 0.6) is 5.75 Å². The van der Waals surface area contributed by atoms with E-state index in [1.807, 2.05) is 30.0 Å². The van der Waals surface area contributed by atoms with Crippen LogP contribution in [0.15, 0.2) is 24.3 Å². The zero-order valence-corrected chi connectivity index (χ0v) is 12.5. The molecule has 2 rings (SSSR count). The van der Waals surface area contributed by atoms with Crippen LogP contribution in [0.25, 0.3) is 0 Å². The van der Waals surface area contributed by atoms with Gasteiger partial charge in [0.05, 0.1) is 13.2 Å². The molecule has 1 aliphatic heterocycles. The van der Waals surface area contributed by atoms with Crippen LogP contribution in [0.4, 0.5) is 0 Å². The van der Waals surface area contributed by atoms with E-state index in [1.54, 1.807) is 6.92 Å². The third-order valence-electron chi connectivity index (χ3n) is 3.28. The molecule has 2 unspecified atom stereocenters. The van der Waals surface area contributed by atoms with Crippen molar-refractivity contribution in [2.75, 3.05) is 24.7 Å². The Morgan fingerprint density at radius 3 is 3.15 bits per heavy atom. The van der Waals surface area contributed by atoms with Gasteiger partial charge in [0.25, 0.3) is 0 Å². The van der Waals surface area contributed by atoms with Crippen molar-refractivity contribution in [3.05, 3.63) is 29.8 Å². The van der Waals surface area contributed by atoms with Gasteiger partial charge in [-0.05, 0) is 25.2 Å². The molecule has 0 radical (unpaired) electrons. The van der Waals surface area contributed by atoms with Gasteiger partial charge in [-0.25, -0.2) is 0 Å². The molecule has 4 nitrogen and oxygen atoms in total. The van der Waals surface area contributed by atoms with Crippen LogP contribution in [-0.4, -0.2) is 36.7 Å². The SMILES string of the molecule is CCOC(=O)C(N)CCSCC1COc2ccccc21. The summed E-state index contributed by atoms with van der Waals surface area (Å²) in [5.74, 6) is 2.99. The zero-order chi connectivity index (χ0) is 14.4. The highest BCUT2D eigenvalue weighted by atomic mass is 32.2. The Bertz CT molecular complexity index is 452. The minimum Gasteiger partial charge on any atom is -0.493 e. The maximum atomic E-state index is 11.4. The molecule has 1 heterocycles. The second kappa shape index (κ2) is 7.55. The van der Waals surface area contributed by atoms with Crippen LogP contribution >= 0.6 is 11.8 Å². The number of carbonyl (C=O) groups is 1. The average molecular weight is 295 g/mol. The van der Waals surface area contributed by atoms with E-state index in [4.69, 9.17) is 15.2 Å². The Hall–Kier alpha value is -1.20. The second-order valence-corrected chi connectivity index (χ2v) is 5.92. The number of para-hydroxylation sites is 1. The number of fused-ring (bicyclic) bond motifs is 1. The first-order chi connectivity index (χ1) is 9.72.